The maximum absolute atomic E-state index is 14.1. The largest absolute Gasteiger partial charge is 0.474 e. The van der Waals surface area contributed by atoms with E-state index < -0.39 is 6.43 Å². The summed E-state index contributed by atoms with van der Waals surface area (Å²) in [6.07, 6.45) is 3.92. The Balaban J connectivity index is 1.16. The van der Waals surface area contributed by atoms with Crippen LogP contribution in [-0.2, 0) is 11.2 Å². The molecule has 2 fully saturated rings. The average molecular weight is 564 g/mol. The van der Waals surface area contributed by atoms with E-state index in [2.05, 4.69) is 21.4 Å². The number of hydrogen-bond donors (Lipinski definition) is 1. The number of imidazole rings is 1. The summed E-state index contributed by atoms with van der Waals surface area (Å²) in [7, 11) is 0. The number of benzene rings is 1. The fourth-order valence-electron chi connectivity index (χ4n) is 5.61. The zero-order valence-corrected chi connectivity index (χ0v) is 23.0. The minimum absolute atomic E-state index is 0.00848. The Hall–Kier alpha value is -3.70. The van der Waals surface area contributed by atoms with Gasteiger partial charge in [0.05, 0.1) is 24.2 Å². The van der Waals surface area contributed by atoms with E-state index in [0.717, 1.165) is 50.9 Å². The summed E-state index contributed by atoms with van der Waals surface area (Å²) in [4.78, 5) is 20.0. The summed E-state index contributed by atoms with van der Waals surface area (Å²) in [5.41, 5.74) is 2.15. The van der Waals surface area contributed by atoms with Crippen molar-refractivity contribution in [3.05, 3.63) is 66.2 Å². The molecule has 41 heavy (non-hydrogen) atoms. The van der Waals surface area contributed by atoms with Crippen LogP contribution in [0.5, 0.6) is 5.88 Å². The number of fused-ring (bicyclic) bond motifs is 1. The lowest BCUT2D eigenvalue weighted by Crippen LogP contribution is -2.37. The van der Waals surface area contributed by atoms with Crippen LogP contribution in [0.3, 0.4) is 0 Å². The van der Waals surface area contributed by atoms with Crippen LogP contribution in [-0.4, -0.2) is 70.0 Å². The van der Waals surface area contributed by atoms with Crippen molar-refractivity contribution >= 4 is 17.0 Å². The summed E-state index contributed by atoms with van der Waals surface area (Å²) < 4.78 is 41.6. The van der Waals surface area contributed by atoms with Gasteiger partial charge in [-0.05, 0) is 62.4 Å². The van der Waals surface area contributed by atoms with E-state index in [-0.39, 0.29) is 11.9 Å². The molecule has 0 amide bonds. The van der Waals surface area contributed by atoms with E-state index >= 15 is 0 Å². The summed E-state index contributed by atoms with van der Waals surface area (Å²) in [5, 5.41) is 3.58. The Morgan fingerprint density at radius 3 is 2.56 bits per heavy atom. The van der Waals surface area contributed by atoms with Gasteiger partial charge in [0.25, 0.3) is 6.43 Å². The topological polar surface area (TPSA) is 90.2 Å². The second kappa shape index (κ2) is 12.9. The van der Waals surface area contributed by atoms with Gasteiger partial charge in [-0.3, -0.25) is 9.55 Å². The third-order valence-electron chi connectivity index (χ3n) is 7.78. The molecule has 0 bridgehead atoms. The van der Waals surface area contributed by atoms with Gasteiger partial charge >= 0.3 is 0 Å². The van der Waals surface area contributed by atoms with E-state index in [0.29, 0.717) is 60.9 Å². The minimum atomic E-state index is -2.76. The molecule has 0 spiro atoms. The van der Waals surface area contributed by atoms with Gasteiger partial charge in [-0.1, -0.05) is 18.2 Å². The maximum atomic E-state index is 14.1. The van der Waals surface area contributed by atoms with Crippen LogP contribution in [0.4, 0.5) is 14.7 Å². The molecule has 0 atom stereocenters. The highest BCUT2D eigenvalue weighted by molar-refractivity contribution is 5.78. The molecule has 4 heterocycles. The normalized spacial score (nSPS) is 19.6. The van der Waals surface area contributed by atoms with Crippen LogP contribution >= 0.6 is 0 Å². The van der Waals surface area contributed by atoms with Gasteiger partial charge in [0.2, 0.25) is 11.8 Å². The molecule has 1 aromatic carbocycles. The van der Waals surface area contributed by atoms with Crippen molar-refractivity contribution in [1.82, 2.24) is 29.8 Å². The summed E-state index contributed by atoms with van der Waals surface area (Å²) >= 11 is 0. The number of halogens is 2. The van der Waals surface area contributed by atoms with Crippen LogP contribution in [0.15, 0.2) is 54.7 Å². The van der Waals surface area contributed by atoms with Crippen LogP contribution in [0.2, 0.25) is 0 Å². The standard InChI is InChI=1S/C30H35F2N7O2/c31-28(32)29-35-24-6-1-2-7-25(24)39(29)26-19-27(37-30(36-26)38-15-17-40-18-16-38)41-23-10-8-21(9-11-23)20-33-14-12-22-5-3-4-13-34-22/h1-7,13,19,21,23,28,33H,8-12,14-18,20H2. The number of nitrogens with one attached hydrogen (secondary N) is 1. The highest BCUT2D eigenvalue weighted by Crippen LogP contribution is 2.31. The number of aromatic nitrogens is 5. The van der Waals surface area contributed by atoms with Gasteiger partial charge in [0, 0.05) is 44.0 Å². The molecule has 0 radical (unpaired) electrons. The number of pyridine rings is 1. The maximum Gasteiger partial charge on any atom is 0.296 e. The van der Waals surface area contributed by atoms with E-state index in [1.165, 1.54) is 4.57 Å². The molecular formula is C30H35F2N7O2. The molecule has 6 rings (SSSR count). The molecule has 11 heteroatoms. The van der Waals surface area contributed by atoms with Gasteiger partial charge in [0.15, 0.2) is 5.82 Å². The molecule has 1 saturated heterocycles. The van der Waals surface area contributed by atoms with Gasteiger partial charge in [0.1, 0.15) is 11.9 Å². The van der Waals surface area contributed by atoms with Crippen molar-refractivity contribution in [2.45, 2.75) is 44.6 Å². The van der Waals surface area contributed by atoms with Gasteiger partial charge in [-0.25, -0.2) is 13.8 Å². The quantitative estimate of drug-likeness (QED) is 0.277. The van der Waals surface area contributed by atoms with Gasteiger partial charge in [-0.15, -0.1) is 0 Å². The second-order valence-electron chi connectivity index (χ2n) is 10.6. The number of nitrogens with zero attached hydrogens (tertiary/aromatic N) is 6. The van der Waals surface area contributed by atoms with Crippen molar-refractivity contribution in [1.29, 1.82) is 0 Å². The molecule has 9 nitrogen and oxygen atoms in total. The predicted molar refractivity (Wildman–Crippen MR) is 152 cm³/mol. The first-order valence-electron chi connectivity index (χ1n) is 14.4. The lowest BCUT2D eigenvalue weighted by Gasteiger charge is -2.30. The molecule has 0 unspecified atom stereocenters. The lowest BCUT2D eigenvalue weighted by molar-refractivity contribution is 0.119. The summed E-state index contributed by atoms with van der Waals surface area (Å²) in [5.74, 6) is 1.41. The molecule has 1 saturated carbocycles. The number of para-hydroxylation sites is 2. The van der Waals surface area contributed by atoms with Crippen molar-refractivity contribution in [3.8, 4) is 11.7 Å². The fraction of sp³-hybridized carbons (Fsp3) is 0.467. The van der Waals surface area contributed by atoms with E-state index in [1.807, 2.05) is 29.3 Å². The SMILES string of the molecule is FC(F)c1nc2ccccc2n1-c1cc(OC2CCC(CNCCc3ccccn3)CC2)nc(N2CCOCC2)n1. The zero-order chi connectivity index (χ0) is 28.0. The molecule has 4 aromatic rings. The Bertz CT molecular complexity index is 1420. The zero-order valence-electron chi connectivity index (χ0n) is 23.0. The van der Waals surface area contributed by atoms with Crippen molar-refractivity contribution in [2.24, 2.45) is 5.92 Å². The Morgan fingerprint density at radius 1 is 0.976 bits per heavy atom. The first-order valence-corrected chi connectivity index (χ1v) is 14.4. The molecule has 1 aliphatic heterocycles. The molecule has 1 aliphatic carbocycles. The number of alkyl halides is 2. The molecule has 216 valence electrons. The van der Waals surface area contributed by atoms with Crippen LogP contribution in [0, 0.1) is 5.92 Å². The van der Waals surface area contributed by atoms with E-state index in [1.54, 1.807) is 24.3 Å². The molecule has 2 aliphatic rings. The Labute approximate surface area is 237 Å². The summed E-state index contributed by atoms with van der Waals surface area (Å²) in [6.45, 7) is 4.23. The number of morpholine rings is 1. The molecule has 1 N–H and O–H groups in total. The Morgan fingerprint density at radius 2 is 1.78 bits per heavy atom. The molecule has 3 aromatic heterocycles. The Kier molecular flexibility index (Phi) is 8.62. The molecular weight excluding hydrogens is 528 g/mol. The summed E-state index contributed by atoms with van der Waals surface area (Å²) in [6, 6.07) is 14.8. The van der Waals surface area contributed by atoms with Crippen molar-refractivity contribution in [2.75, 3.05) is 44.3 Å². The average Bonchev–Trinajstić information content (AvgIpc) is 3.41. The smallest absolute Gasteiger partial charge is 0.296 e. The van der Waals surface area contributed by atoms with Crippen molar-refractivity contribution in [3.63, 3.8) is 0 Å². The third kappa shape index (κ3) is 6.62. The van der Waals surface area contributed by atoms with Gasteiger partial charge in [-0.2, -0.15) is 9.97 Å². The fourth-order valence-corrected chi connectivity index (χ4v) is 5.61. The lowest BCUT2D eigenvalue weighted by atomic mass is 9.87. The first kappa shape index (κ1) is 27.5. The highest BCUT2D eigenvalue weighted by atomic mass is 19.3. The number of rotatable bonds is 10. The van der Waals surface area contributed by atoms with Crippen LogP contribution in [0.1, 0.15) is 43.6 Å². The van der Waals surface area contributed by atoms with Gasteiger partial charge < -0.3 is 19.7 Å². The van der Waals surface area contributed by atoms with Crippen LogP contribution in [0.25, 0.3) is 16.9 Å². The third-order valence-corrected chi connectivity index (χ3v) is 7.78. The number of hydrogen-bond acceptors (Lipinski definition) is 8. The van der Waals surface area contributed by atoms with E-state index in [9.17, 15) is 8.78 Å². The number of anilines is 1. The van der Waals surface area contributed by atoms with Crippen molar-refractivity contribution < 1.29 is 18.3 Å². The highest BCUT2D eigenvalue weighted by Gasteiger charge is 2.26. The second-order valence-corrected chi connectivity index (χ2v) is 10.6. The predicted octanol–water partition coefficient (Wildman–Crippen LogP) is 4.75. The van der Waals surface area contributed by atoms with Crippen LogP contribution < -0.4 is 15.0 Å². The van der Waals surface area contributed by atoms with E-state index in [4.69, 9.17) is 19.4 Å². The number of ether oxygens (including phenoxy) is 2. The minimum Gasteiger partial charge on any atom is -0.474 e. The first-order chi connectivity index (χ1) is 20.1. The monoisotopic (exact) mass is 563 g/mol.